The Labute approximate surface area is 109 Å². The Morgan fingerprint density at radius 1 is 1.56 bits per heavy atom. The van der Waals surface area contributed by atoms with Gasteiger partial charge in [-0.25, -0.2) is 0 Å². The van der Waals surface area contributed by atoms with Gasteiger partial charge in [-0.15, -0.1) is 5.10 Å². The van der Waals surface area contributed by atoms with Gasteiger partial charge in [-0.2, -0.15) is 10.4 Å². The van der Waals surface area contributed by atoms with E-state index in [2.05, 4.69) is 21.6 Å². The van der Waals surface area contributed by atoms with E-state index < -0.39 is 0 Å². The summed E-state index contributed by atoms with van der Waals surface area (Å²) in [7, 11) is 0. The monoisotopic (exact) mass is 258 g/mol. The minimum atomic E-state index is -0.0526. The molecule has 0 saturated carbocycles. The number of hydrogen-bond donors (Lipinski definition) is 1. The molecule has 1 N–H and O–H groups in total. The standard InChI is InChI=1S/C12H10N4OS/c1-8-4-9(2-3-10(8)5-13)6-14-16-12-15-11(17)7-18-12/h2-4,6H,7H2,1H3,(H,15,16,17). The second-order valence-electron chi connectivity index (χ2n) is 3.67. The fourth-order valence-corrected chi connectivity index (χ4v) is 2.05. The van der Waals surface area contributed by atoms with E-state index in [0.717, 1.165) is 11.1 Å². The molecule has 18 heavy (non-hydrogen) atoms. The first-order valence-corrected chi connectivity index (χ1v) is 6.22. The Hall–Kier alpha value is -2.13. The second kappa shape index (κ2) is 5.47. The Balaban J connectivity index is 2.08. The van der Waals surface area contributed by atoms with Crippen LogP contribution in [0.4, 0.5) is 0 Å². The number of carbonyl (C=O) groups is 1. The molecule has 0 aromatic heterocycles. The van der Waals surface area contributed by atoms with Gasteiger partial charge in [0.25, 0.3) is 0 Å². The van der Waals surface area contributed by atoms with Crippen molar-refractivity contribution in [1.82, 2.24) is 5.32 Å². The van der Waals surface area contributed by atoms with Gasteiger partial charge in [0.05, 0.1) is 23.6 Å². The van der Waals surface area contributed by atoms with Gasteiger partial charge in [0.2, 0.25) is 5.91 Å². The molecule has 0 unspecified atom stereocenters. The molecule has 0 atom stereocenters. The first-order chi connectivity index (χ1) is 8.69. The van der Waals surface area contributed by atoms with Crippen LogP contribution in [0, 0.1) is 18.3 Å². The third-order valence-electron chi connectivity index (χ3n) is 2.31. The lowest BCUT2D eigenvalue weighted by atomic mass is 10.1. The summed E-state index contributed by atoms with van der Waals surface area (Å²) in [5.74, 6) is 0.341. The number of thioether (sulfide) groups is 1. The summed E-state index contributed by atoms with van der Waals surface area (Å²) >= 11 is 1.33. The fraction of sp³-hybridized carbons (Fsp3) is 0.167. The summed E-state index contributed by atoms with van der Waals surface area (Å²) in [5, 5.41) is 19.7. The Morgan fingerprint density at radius 2 is 2.39 bits per heavy atom. The molecule has 0 spiro atoms. The lowest BCUT2D eigenvalue weighted by Gasteiger charge is -1.97. The highest BCUT2D eigenvalue weighted by Gasteiger charge is 2.15. The van der Waals surface area contributed by atoms with Gasteiger partial charge in [0.15, 0.2) is 5.17 Å². The van der Waals surface area contributed by atoms with Crippen molar-refractivity contribution in [3.63, 3.8) is 0 Å². The zero-order chi connectivity index (χ0) is 13.0. The van der Waals surface area contributed by atoms with Crippen molar-refractivity contribution in [3.05, 3.63) is 34.9 Å². The van der Waals surface area contributed by atoms with Crippen molar-refractivity contribution in [2.24, 2.45) is 10.2 Å². The molecule has 90 valence electrons. The van der Waals surface area contributed by atoms with E-state index in [1.54, 1.807) is 18.3 Å². The van der Waals surface area contributed by atoms with Gasteiger partial charge in [-0.05, 0) is 30.2 Å². The van der Waals surface area contributed by atoms with Crippen molar-refractivity contribution in [2.75, 3.05) is 5.75 Å². The number of rotatable bonds is 2. The zero-order valence-corrected chi connectivity index (χ0v) is 10.5. The van der Waals surface area contributed by atoms with Crippen LogP contribution in [-0.2, 0) is 4.79 Å². The topological polar surface area (TPSA) is 77.6 Å². The van der Waals surface area contributed by atoms with Crippen LogP contribution in [0.1, 0.15) is 16.7 Å². The highest BCUT2D eigenvalue weighted by molar-refractivity contribution is 8.15. The minimum Gasteiger partial charge on any atom is -0.303 e. The lowest BCUT2D eigenvalue weighted by molar-refractivity contribution is -0.116. The molecule has 2 rings (SSSR count). The quantitative estimate of drug-likeness (QED) is 0.643. The molecule has 1 heterocycles. The molecule has 1 aromatic rings. The van der Waals surface area contributed by atoms with E-state index >= 15 is 0 Å². The molecule has 1 saturated heterocycles. The number of benzene rings is 1. The third kappa shape index (κ3) is 2.96. The molecule has 0 bridgehead atoms. The minimum absolute atomic E-state index is 0.0526. The number of amidine groups is 1. The van der Waals surface area contributed by atoms with Crippen LogP contribution in [0.2, 0.25) is 0 Å². The van der Waals surface area contributed by atoms with Crippen LogP contribution in [0.25, 0.3) is 0 Å². The maximum atomic E-state index is 10.9. The Bertz CT molecular complexity index is 586. The molecule has 1 aromatic carbocycles. The largest absolute Gasteiger partial charge is 0.303 e. The summed E-state index contributed by atoms with van der Waals surface area (Å²) in [4.78, 5) is 10.9. The predicted octanol–water partition coefficient (Wildman–Crippen LogP) is 1.42. The molecule has 1 aliphatic heterocycles. The van der Waals surface area contributed by atoms with E-state index in [1.807, 2.05) is 13.0 Å². The number of nitrogens with zero attached hydrogens (tertiary/aromatic N) is 3. The molecule has 0 aliphatic carbocycles. The van der Waals surface area contributed by atoms with Crippen molar-refractivity contribution in [2.45, 2.75) is 6.92 Å². The third-order valence-corrected chi connectivity index (χ3v) is 3.18. The second-order valence-corrected chi connectivity index (χ2v) is 4.64. The average Bonchev–Trinajstić information content (AvgIpc) is 2.75. The molecule has 1 fully saturated rings. The smallest absolute Gasteiger partial charge is 0.236 e. The van der Waals surface area contributed by atoms with Crippen molar-refractivity contribution in [3.8, 4) is 6.07 Å². The Kier molecular flexibility index (Phi) is 3.75. The summed E-state index contributed by atoms with van der Waals surface area (Å²) in [6.45, 7) is 1.87. The van der Waals surface area contributed by atoms with Crippen LogP contribution in [0.15, 0.2) is 28.4 Å². The molecule has 6 heteroatoms. The molecule has 0 radical (unpaired) electrons. The number of nitrogens with one attached hydrogen (secondary N) is 1. The highest BCUT2D eigenvalue weighted by Crippen LogP contribution is 2.10. The normalized spacial score (nSPS) is 17.1. The van der Waals surface area contributed by atoms with Gasteiger partial charge in [0, 0.05) is 0 Å². The summed E-state index contributed by atoms with van der Waals surface area (Å²) in [5.41, 5.74) is 2.42. The molecular weight excluding hydrogens is 248 g/mol. The van der Waals surface area contributed by atoms with Gasteiger partial charge >= 0.3 is 0 Å². The van der Waals surface area contributed by atoms with Crippen LogP contribution < -0.4 is 5.32 Å². The molecule has 1 aliphatic rings. The van der Waals surface area contributed by atoms with Crippen molar-refractivity contribution in [1.29, 1.82) is 5.26 Å². The number of amides is 1. The summed E-state index contributed by atoms with van der Waals surface area (Å²) in [6.07, 6.45) is 1.59. The van der Waals surface area contributed by atoms with E-state index in [9.17, 15) is 4.79 Å². The van der Waals surface area contributed by atoms with E-state index in [-0.39, 0.29) is 5.91 Å². The van der Waals surface area contributed by atoms with Gasteiger partial charge in [-0.3, -0.25) is 4.79 Å². The predicted molar refractivity (Wildman–Crippen MR) is 71.5 cm³/mol. The number of hydrogen-bond acceptors (Lipinski definition) is 5. The van der Waals surface area contributed by atoms with Crippen LogP contribution >= 0.6 is 11.8 Å². The van der Waals surface area contributed by atoms with E-state index in [0.29, 0.717) is 16.5 Å². The number of aryl methyl sites for hydroxylation is 1. The first kappa shape index (κ1) is 12.3. The number of carbonyl (C=O) groups excluding carboxylic acids is 1. The molecule has 5 nitrogen and oxygen atoms in total. The zero-order valence-electron chi connectivity index (χ0n) is 9.67. The van der Waals surface area contributed by atoms with Gasteiger partial charge in [-0.1, -0.05) is 17.8 Å². The summed E-state index contributed by atoms with van der Waals surface area (Å²) in [6, 6.07) is 7.52. The SMILES string of the molecule is Cc1cc(C=NN=C2NC(=O)CS2)ccc1C#N. The molecular formula is C12H10N4OS. The average molecular weight is 258 g/mol. The van der Waals surface area contributed by atoms with Crippen LogP contribution in [0.3, 0.4) is 0 Å². The maximum Gasteiger partial charge on any atom is 0.236 e. The van der Waals surface area contributed by atoms with Crippen LogP contribution in [-0.4, -0.2) is 23.0 Å². The van der Waals surface area contributed by atoms with Gasteiger partial charge in [0.1, 0.15) is 0 Å². The van der Waals surface area contributed by atoms with Gasteiger partial charge < -0.3 is 5.32 Å². The lowest BCUT2D eigenvalue weighted by Crippen LogP contribution is -2.19. The Morgan fingerprint density at radius 3 is 3.00 bits per heavy atom. The van der Waals surface area contributed by atoms with E-state index in [4.69, 9.17) is 5.26 Å². The van der Waals surface area contributed by atoms with Crippen molar-refractivity contribution < 1.29 is 4.79 Å². The summed E-state index contributed by atoms with van der Waals surface area (Å²) < 4.78 is 0. The fourth-order valence-electron chi connectivity index (χ4n) is 1.42. The van der Waals surface area contributed by atoms with E-state index in [1.165, 1.54) is 11.8 Å². The van der Waals surface area contributed by atoms with Crippen molar-refractivity contribution >= 4 is 29.1 Å². The highest BCUT2D eigenvalue weighted by atomic mass is 32.2. The van der Waals surface area contributed by atoms with Crippen LogP contribution in [0.5, 0.6) is 0 Å². The first-order valence-electron chi connectivity index (χ1n) is 5.23. The maximum absolute atomic E-state index is 10.9. The number of nitriles is 1. The molecule has 1 amide bonds.